The van der Waals surface area contributed by atoms with Gasteiger partial charge in [0.2, 0.25) is 0 Å². The molecule has 0 saturated carbocycles. The minimum atomic E-state index is -0.310. The lowest BCUT2D eigenvalue weighted by atomic mass is 9.33. The Morgan fingerprint density at radius 3 is 0.735 bits per heavy atom. The number of benzene rings is 17. The van der Waals surface area contributed by atoms with Crippen molar-refractivity contribution in [3.8, 4) is 100 Å². The Labute approximate surface area is 781 Å². The highest BCUT2D eigenvalue weighted by Crippen LogP contribution is 2.57. The predicted octanol–water partition coefficient (Wildman–Crippen LogP) is 33.4. The summed E-state index contributed by atoms with van der Waals surface area (Å²) < 4.78 is 5.17. The van der Waals surface area contributed by atoms with Gasteiger partial charge in [-0.05, 0) is 295 Å². The first-order chi connectivity index (χ1) is 63.1. The zero-order chi connectivity index (χ0) is 91.6. The SMILES string of the molecule is Cc1cc2c3c(c1)N(c1c(-c4ccccc4)cc(C(C)(C)C)cc1-c1cccc(-c4cccc(-c5ccccc5)c4)c1)c1cc(-n4c5ccc(C(C)(C)C)cc5c5cc(C(C)(C)C)ccc54)ccc1B3c1ccc(-n3c4ccc(C(C)(C)C)cc4c4cc(C(C)(C)C)ccc43)cc1N2c1c(-c2ccccc2)cc(C(C)(C)C)cc1-c1cccc(-c2cccc(-c3ccccc3)c2)c1. The summed E-state index contributed by atoms with van der Waals surface area (Å²) in [4.78, 5) is 5.53. The summed E-state index contributed by atoms with van der Waals surface area (Å²) in [7, 11) is 0. The largest absolute Gasteiger partial charge is 0.310 e. The molecule has 4 heterocycles. The molecule has 0 fully saturated rings. The van der Waals surface area contributed by atoms with Gasteiger partial charge in [-0.15, -0.1) is 0 Å². The van der Waals surface area contributed by atoms with E-state index in [0.29, 0.717) is 0 Å². The van der Waals surface area contributed by atoms with Gasteiger partial charge >= 0.3 is 0 Å². The standard InChI is InChI=1S/C127H117BN4/c1-80-64-117-119-118(65-80)132(121-102(84-42-30-23-31-43-84)75-98(127(17,18)19)77-104(121)92-51-35-49-90(69-92)88-47-33-45-86(67-88)82-38-26-21-27-39-82)116-79-100(130-113-62-54-95(124(8,9)10)72-107(113)108-73-96(125(11,12)13)55-63-114(108)130)57-59-110(116)128(119)109-58-56-99(129-111-60-52-93(122(2,3)4)70-105(111)106-71-94(123(5,6)7)53-61-112(106)129)78-115(109)131(117)120-101(83-40-28-22-29-41-83)74-97(126(14,15)16)76-103(120)91-50-34-48-89(68-91)87-46-32-44-85(66-87)81-36-24-20-25-37-81/h20-79H,1-19H3. The third kappa shape index (κ3) is 15.0. The summed E-state index contributed by atoms with van der Waals surface area (Å²) in [6.45, 7) is 44.5. The van der Waals surface area contributed by atoms with Gasteiger partial charge in [-0.2, -0.15) is 0 Å². The molecule has 0 unspecified atom stereocenters. The second-order valence-electron chi connectivity index (χ2n) is 43.5. The van der Waals surface area contributed by atoms with E-state index in [1.165, 1.54) is 116 Å². The fourth-order valence-electron chi connectivity index (χ4n) is 20.8. The lowest BCUT2D eigenvalue weighted by molar-refractivity contribution is 0.590. The molecule has 0 aliphatic carbocycles. The van der Waals surface area contributed by atoms with Crippen LogP contribution in [0.2, 0.25) is 0 Å². The smallest absolute Gasteiger partial charge is 0.252 e. The summed E-state index contributed by atoms with van der Waals surface area (Å²) in [6, 6.07) is 141. The van der Waals surface area contributed by atoms with Crippen molar-refractivity contribution in [3.05, 3.63) is 403 Å². The Morgan fingerprint density at radius 2 is 0.447 bits per heavy atom. The van der Waals surface area contributed by atoms with Crippen LogP contribution in [0.4, 0.5) is 34.1 Å². The van der Waals surface area contributed by atoms with E-state index in [9.17, 15) is 0 Å². The molecule has 0 atom stereocenters. The molecule has 0 N–H and O–H groups in total. The van der Waals surface area contributed by atoms with E-state index in [1.54, 1.807) is 0 Å². The lowest BCUT2D eigenvalue weighted by Crippen LogP contribution is -2.61. The van der Waals surface area contributed by atoms with E-state index in [-0.39, 0.29) is 39.2 Å². The van der Waals surface area contributed by atoms with Crippen LogP contribution in [0.3, 0.4) is 0 Å². The third-order valence-corrected chi connectivity index (χ3v) is 28.2. The molecule has 2 aromatic heterocycles. The number of aromatic nitrogens is 2. The van der Waals surface area contributed by atoms with Gasteiger partial charge in [0.25, 0.3) is 6.71 Å². The molecular formula is C127H117BN4. The quantitative estimate of drug-likeness (QED) is 0.113. The number of hydrogen-bond acceptors (Lipinski definition) is 2. The number of hydrogen-bond donors (Lipinski definition) is 0. The maximum atomic E-state index is 2.76. The van der Waals surface area contributed by atoms with Crippen molar-refractivity contribution in [2.24, 2.45) is 0 Å². The molecule has 2 aliphatic rings. The van der Waals surface area contributed by atoms with Crippen LogP contribution in [-0.2, 0) is 32.5 Å². The zero-order valence-corrected chi connectivity index (χ0v) is 80.0. The first-order valence-corrected chi connectivity index (χ1v) is 47.4. The van der Waals surface area contributed by atoms with Crippen molar-refractivity contribution in [2.45, 2.75) is 164 Å². The molecule has 0 bridgehead atoms. The number of fused-ring (bicyclic) bond motifs is 10. The maximum absolute atomic E-state index is 2.76. The van der Waals surface area contributed by atoms with E-state index in [2.05, 4.69) is 514 Å². The summed E-state index contributed by atoms with van der Waals surface area (Å²) in [5.41, 5.74) is 43.7. The Bertz CT molecular complexity index is 7210. The summed E-state index contributed by atoms with van der Waals surface area (Å²) in [5, 5.41) is 5.01. The highest BCUT2D eigenvalue weighted by atomic mass is 15.2. The summed E-state index contributed by atoms with van der Waals surface area (Å²) in [6.07, 6.45) is 0. The first-order valence-electron chi connectivity index (χ1n) is 47.4. The van der Waals surface area contributed by atoms with Gasteiger partial charge in [0, 0.05) is 77.9 Å². The van der Waals surface area contributed by atoms with Crippen LogP contribution in [0.1, 0.15) is 164 Å². The Balaban J connectivity index is 0.915. The number of rotatable bonds is 12. The van der Waals surface area contributed by atoms with Crippen LogP contribution < -0.4 is 26.2 Å². The van der Waals surface area contributed by atoms with Crippen molar-refractivity contribution in [1.82, 2.24) is 9.13 Å². The van der Waals surface area contributed by atoms with Gasteiger partial charge in [0.15, 0.2) is 0 Å². The monoisotopic (exact) mass is 1710 g/mol. The summed E-state index contributed by atoms with van der Waals surface area (Å²) >= 11 is 0. The van der Waals surface area contributed by atoms with Crippen LogP contribution in [0.25, 0.3) is 144 Å². The van der Waals surface area contributed by atoms with Gasteiger partial charge in [-0.3, -0.25) is 0 Å². The second kappa shape index (κ2) is 31.7. The molecule has 0 radical (unpaired) electrons. The zero-order valence-electron chi connectivity index (χ0n) is 80.0. The highest BCUT2D eigenvalue weighted by molar-refractivity contribution is 7.00. The van der Waals surface area contributed by atoms with Crippen LogP contribution in [-0.4, -0.2) is 15.8 Å². The second-order valence-corrected chi connectivity index (χ2v) is 43.5. The van der Waals surface area contributed by atoms with Gasteiger partial charge < -0.3 is 18.9 Å². The molecule has 5 heteroatoms. The van der Waals surface area contributed by atoms with Crippen molar-refractivity contribution in [3.63, 3.8) is 0 Å². The first kappa shape index (κ1) is 84.8. The normalized spacial score (nSPS) is 13.1. The van der Waals surface area contributed by atoms with Crippen LogP contribution in [0.5, 0.6) is 0 Å². The van der Waals surface area contributed by atoms with Gasteiger partial charge in [0.05, 0.1) is 33.4 Å². The van der Waals surface area contributed by atoms with E-state index in [4.69, 9.17) is 0 Å². The van der Waals surface area contributed by atoms with Crippen molar-refractivity contribution < 1.29 is 0 Å². The van der Waals surface area contributed by atoms with Gasteiger partial charge in [-0.1, -0.05) is 355 Å². The molecule has 21 rings (SSSR count). The minimum Gasteiger partial charge on any atom is -0.310 e. The molecule has 2 aliphatic heterocycles. The Hall–Kier alpha value is -14.0. The van der Waals surface area contributed by atoms with Crippen LogP contribution >= 0.6 is 0 Å². The molecule has 0 saturated heterocycles. The fourth-order valence-corrected chi connectivity index (χ4v) is 20.8. The van der Waals surface area contributed by atoms with Crippen molar-refractivity contribution in [1.29, 1.82) is 0 Å². The topological polar surface area (TPSA) is 16.3 Å². The average molecular weight is 1710 g/mol. The lowest BCUT2D eigenvalue weighted by Gasteiger charge is -2.46. The van der Waals surface area contributed by atoms with Gasteiger partial charge in [-0.25, -0.2) is 0 Å². The van der Waals surface area contributed by atoms with Crippen molar-refractivity contribution >= 4 is 101 Å². The predicted molar refractivity (Wildman–Crippen MR) is 570 cm³/mol. The number of anilines is 6. The minimum absolute atomic E-state index is 0.0898. The molecular weight excluding hydrogens is 1590 g/mol. The Kier molecular flexibility index (Phi) is 20.3. The van der Waals surface area contributed by atoms with E-state index >= 15 is 0 Å². The maximum Gasteiger partial charge on any atom is 0.252 e. The number of aryl methyl sites for hydroxylation is 1. The van der Waals surface area contributed by atoms with E-state index < -0.39 is 0 Å². The molecule has 19 aromatic rings. The van der Waals surface area contributed by atoms with Crippen LogP contribution in [0.15, 0.2) is 364 Å². The van der Waals surface area contributed by atoms with Gasteiger partial charge in [0.1, 0.15) is 0 Å². The van der Waals surface area contributed by atoms with Crippen LogP contribution in [0, 0.1) is 6.92 Å². The molecule has 0 spiro atoms. The highest BCUT2D eigenvalue weighted by Gasteiger charge is 2.47. The van der Waals surface area contributed by atoms with E-state index in [1.807, 2.05) is 0 Å². The molecule has 17 aromatic carbocycles. The third-order valence-electron chi connectivity index (χ3n) is 28.2. The molecule has 648 valence electrons. The fraction of sp³-hybridized carbons (Fsp3) is 0.197. The summed E-state index contributed by atoms with van der Waals surface area (Å²) in [5.74, 6) is 0. The molecule has 4 nitrogen and oxygen atoms in total. The van der Waals surface area contributed by atoms with E-state index in [0.717, 1.165) is 118 Å². The number of nitrogens with zero attached hydrogens (tertiary/aromatic N) is 4. The van der Waals surface area contributed by atoms with Crippen molar-refractivity contribution in [2.75, 3.05) is 9.80 Å². The Morgan fingerprint density at radius 1 is 0.197 bits per heavy atom. The molecule has 0 amide bonds. The molecule has 132 heavy (non-hydrogen) atoms. The average Bonchev–Trinajstić information content (AvgIpc) is 0.798.